The molecule has 0 atom stereocenters. The Kier molecular flexibility index (Phi) is 7.35. The molecule has 1 heterocycles. The molecule has 1 aromatic heterocycles. The molecule has 0 saturated heterocycles. The van der Waals surface area contributed by atoms with Gasteiger partial charge in [-0.1, -0.05) is 25.8 Å². The number of rotatable bonds is 9. The predicted molar refractivity (Wildman–Crippen MR) is 96.4 cm³/mol. The molecule has 134 valence electrons. The van der Waals surface area contributed by atoms with Gasteiger partial charge in [-0.05, 0) is 36.8 Å². The van der Waals surface area contributed by atoms with Gasteiger partial charge in [-0.3, -0.25) is 4.79 Å². The van der Waals surface area contributed by atoms with Crippen LogP contribution in [0.2, 0.25) is 0 Å². The number of halogens is 1. The summed E-state index contributed by atoms with van der Waals surface area (Å²) >= 11 is 0. The number of anilines is 2. The molecule has 1 amide bonds. The SMILES string of the molecule is CCCCCN(CCO)C(=O)c1cccnc1Nc1cccc(F)c1. The normalized spacial score (nSPS) is 10.5. The second-order valence-corrected chi connectivity index (χ2v) is 5.76. The molecule has 1 aromatic carbocycles. The average molecular weight is 345 g/mol. The van der Waals surface area contributed by atoms with Gasteiger partial charge in [0, 0.05) is 25.0 Å². The zero-order valence-corrected chi connectivity index (χ0v) is 14.4. The number of unbranched alkanes of at least 4 members (excludes halogenated alkanes) is 2. The Morgan fingerprint density at radius 3 is 2.80 bits per heavy atom. The third-order valence-electron chi connectivity index (χ3n) is 3.81. The minimum absolute atomic E-state index is 0.0925. The van der Waals surface area contributed by atoms with Gasteiger partial charge >= 0.3 is 0 Å². The number of hydrogen-bond donors (Lipinski definition) is 2. The van der Waals surface area contributed by atoms with E-state index < -0.39 is 0 Å². The van der Waals surface area contributed by atoms with Crippen molar-refractivity contribution in [1.82, 2.24) is 9.88 Å². The second kappa shape index (κ2) is 9.74. The summed E-state index contributed by atoms with van der Waals surface area (Å²) < 4.78 is 13.4. The van der Waals surface area contributed by atoms with Crippen LogP contribution in [0.15, 0.2) is 42.6 Å². The Bertz CT molecular complexity index is 694. The van der Waals surface area contributed by atoms with Gasteiger partial charge in [0.05, 0.1) is 12.2 Å². The molecule has 2 rings (SSSR count). The summed E-state index contributed by atoms with van der Waals surface area (Å²) in [5.74, 6) is -0.191. The van der Waals surface area contributed by atoms with Crippen molar-refractivity contribution < 1.29 is 14.3 Å². The maximum atomic E-state index is 13.4. The number of benzene rings is 1. The summed E-state index contributed by atoms with van der Waals surface area (Å²) in [6.07, 6.45) is 4.54. The molecule has 0 aliphatic rings. The average Bonchev–Trinajstić information content (AvgIpc) is 2.61. The number of aromatic nitrogens is 1. The summed E-state index contributed by atoms with van der Waals surface area (Å²) in [6, 6.07) is 9.36. The van der Waals surface area contributed by atoms with Crippen molar-refractivity contribution in [2.24, 2.45) is 0 Å². The van der Waals surface area contributed by atoms with Gasteiger partial charge in [-0.15, -0.1) is 0 Å². The Labute approximate surface area is 147 Å². The van der Waals surface area contributed by atoms with Crippen LogP contribution in [0.1, 0.15) is 36.5 Å². The van der Waals surface area contributed by atoms with Crippen LogP contribution >= 0.6 is 0 Å². The lowest BCUT2D eigenvalue weighted by atomic mass is 10.2. The van der Waals surface area contributed by atoms with Crippen molar-refractivity contribution in [2.75, 3.05) is 25.0 Å². The van der Waals surface area contributed by atoms with E-state index in [1.165, 1.54) is 12.1 Å². The van der Waals surface area contributed by atoms with E-state index >= 15 is 0 Å². The third kappa shape index (κ3) is 5.53. The van der Waals surface area contributed by atoms with Gasteiger partial charge in [-0.25, -0.2) is 9.37 Å². The predicted octanol–water partition coefficient (Wildman–Crippen LogP) is 3.59. The van der Waals surface area contributed by atoms with Crippen LogP contribution in [0.5, 0.6) is 0 Å². The summed E-state index contributed by atoms with van der Waals surface area (Å²) in [4.78, 5) is 18.7. The Balaban J connectivity index is 2.20. The Hall–Kier alpha value is -2.47. The first-order valence-electron chi connectivity index (χ1n) is 8.53. The van der Waals surface area contributed by atoms with Crippen molar-refractivity contribution in [1.29, 1.82) is 0 Å². The lowest BCUT2D eigenvalue weighted by Gasteiger charge is -2.23. The fraction of sp³-hybridized carbons (Fsp3) is 0.368. The molecule has 0 aliphatic heterocycles. The number of amides is 1. The quantitative estimate of drug-likeness (QED) is 0.682. The summed E-state index contributed by atoms with van der Waals surface area (Å²) in [5, 5.41) is 12.3. The van der Waals surface area contributed by atoms with Crippen LogP contribution in [0.4, 0.5) is 15.9 Å². The summed E-state index contributed by atoms with van der Waals surface area (Å²) in [7, 11) is 0. The molecule has 2 aromatic rings. The topological polar surface area (TPSA) is 65.5 Å². The second-order valence-electron chi connectivity index (χ2n) is 5.76. The smallest absolute Gasteiger partial charge is 0.257 e. The number of aliphatic hydroxyl groups excluding tert-OH is 1. The molecule has 0 aliphatic carbocycles. The van der Waals surface area contributed by atoms with Crippen molar-refractivity contribution in [3.63, 3.8) is 0 Å². The highest BCUT2D eigenvalue weighted by molar-refractivity contribution is 5.99. The first-order chi connectivity index (χ1) is 12.2. The van der Waals surface area contributed by atoms with Crippen molar-refractivity contribution in [3.8, 4) is 0 Å². The minimum atomic E-state index is -0.365. The molecule has 0 unspecified atom stereocenters. The van der Waals surface area contributed by atoms with Crippen LogP contribution in [0.25, 0.3) is 0 Å². The molecule has 2 N–H and O–H groups in total. The standard InChI is InChI=1S/C19H24FN3O2/c1-2-3-4-11-23(12-13-24)19(25)17-9-6-10-21-18(17)22-16-8-5-7-15(20)14-16/h5-10,14,24H,2-4,11-13H2,1H3,(H,21,22). The highest BCUT2D eigenvalue weighted by Gasteiger charge is 2.19. The third-order valence-corrected chi connectivity index (χ3v) is 3.81. The molecule has 0 spiro atoms. The van der Waals surface area contributed by atoms with Gasteiger partial charge in [-0.2, -0.15) is 0 Å². The van der Waals surface area contributed by atoms with Crippen molar-refractivity contribution in [3.05, 3.63) is 54.0 Å². The van der Waals surface area contributed by atoms with E-state index in [0.717, 1.165) is 19.3 Å². The maximum Gasteiger partial charge on any atom is 0.257 e. The van der Waals surface area contributed by atoms with Crippen molar-refractivity contribution in [2.45, 2.75) is 26.2 Å². The molecule has 0 saturated carbocycles. The fourth-order valence-electron chi connectivity index (χ4n) is 2.54. The molecule has 25 heavy (non-hydrogen) atoms. The van der Waals surface area contributed by atoms with Crippen LogP contribution in [-0.4, -0.2) is 40.6 Å². The molecule has 0 radical (unpaired) electrons. The van der Waals surface area contributed by atoms with E-state index in [1.807, 2.05) is 0 Å². The first kappa shape index (κ1) is 18.9. The number of aliphatic hydroxyl groups is 1. The zero-order valence-electron chi connectivity index (χ0n) is 14.4. The number of pyridine rings is 1. The number of nitrogens with zero attached hydrogens (tertiary/aromatic N) is 2. The fourth-order valence-corrected chi connectivity index (χ4v) is 2.54. The maximum absolute atomic E-state index is 13.4. The molecular formula is C19H24FN3O2. The van der Waals surface area contributed by atoms with Crippen LogP contribution in [0.3, 0.4) is 0 Å². The van der Waals surface area contributed by atoms with Gasteiger partial charge in [0.25, 0.3) is 5.91 Å². The van der Waals surface area contributed by atoms with Crippen LogP contribution in [-0.2, 0) is 0 Å². The first-order valence-corrected chi connectivity index (χ1v) is 8.53. The van der Waals surface area contributed by atoms with E-state index in [0.29, 0.717) is 23.6 Å². The van der Waals surface area contributed by atoms with Gasteiger partial charge in [0.1, 0.15) is 11.6 Å². The molecule has 5 nitrogen and oxygen atoms in total. The monoisotopic (exact) mass is 345 g/mol. The highest BCUT2D eigenvalue weighted by Crippen LogP contribution is 2.20. The van der Waals surface area contributed by atoms with Crippen LogP contribution < -0.4 is 5.32 Å². The van der Waals surface area contributed by atoms with E-state index in [2.05, 4.69) is 17.2 Å². The van der Waals surface area contributed by atoms with Gasteiger partial charge in [0.2, 0.25) is 0 Å². The number of nitrogens with one attached hydrogen (secondary N) is 1. The molecular weight excluding hydrogens is 321 g/mol. The molecule has 0 fully saturated rings. The summed E-state index contributed by atoms with van der Waals surface area (Å²) in [6.45, 7) is 2.86. The largest absolute Gasteiger partial charge is 0.395 e. The minimum Gasteiger partial charge on any atom is -0.395 e. The number of carbonyl (C=O) groups excluding carboxylic acids is 1. The van der Waals surface area contributed by atoms with E-state index in [4.69, 9.17) is 0 Å². The summed E-state index contributed by atoms with van der Waals surface area (Å²) in [5.41, 5.74) is 0.921. The van der Waals surface area contributed by atoms with E-state index in [-0.39, 0.29) is 24.9 Å². The highest BCUT2D eigenvalue weighted by atomic mass is 19.1. The molecule has 6 heteroatoms. The van der Waals surface area contributed by atoms with Crippen LogP contribution in [0, 0.1) is 5.82 Å². The zero-order chi connectivity index (χ0) is 18.1. The lowest BCUT2D eigenvalue weighted by Crippen LogP contribution is -2.35. The lowest BCUT2D eigenvalue weighted by molar-refractivity contribution is 0.0719. The molecule has 0 bridgehead atoms. The van der Waals surface area contributed by atoms with E-state index in [9.17, 15) is 14.3 Å². The Morgan fingerprint density at radius 2 is 2.08 bits per heavy atom. The van der Waals surface area contributed by atoms with Gasteiger partial charge in [0.15, 0.2) is 0 Å². The van der Waals surface area contributed by atoms with Crippen molar-refractivity contribution >= 4 is 17.4 Å². The van der Waals surface area contributed by atoms with Gasteiger partial charge < -0.3 is 15.3 Å². The Morgan fingerprint density at radius 1 is 1.24 bits per heavy atom. The number of carbonyl (C=O) groups is 1. The van der Waals surface area contributed by atoms with E-state index in [1.54, 1.807) is 35.4 Å². The number of hydrogen-bond acceptors (Lipinski definition) is 4.